The highest BCUT2D eigenvalue weighted by Gasteiger charge is 2.13. The van der Waals surface area contributed by atoms with Gasteiger partial charge in [-0.1, -0.05) is 27.0 Å². The number of amides is 1. The summed E-state index contributed by atoms with van der Waals surface area (Å²) in [7, 11) is 0. The van der Waals surface area contributed by atoms with Crippen molar-refractivity contribution >= 4 is 5.91 Å². The van der Waals surface area contributed by atoms with E-state index in [1.807, 2.05) is 13.8 Å². The first-order valence-corrected chi connectivity index (χ1v) is 4.19. The molecule has 1 rings (SSSR count). The van der Waals surface area contributed by atoms with E-state index < -0.39 is 0 Å². The summed E-state index contributed by atoms with van der Waals surface area (Å²) in [6.07, 6.45) is 3.06. The van der Waals surface area contributed by atoms with E-state index in [1.165, 1.54) is 12.2 Å². The van der Waals surface area contributed by atoms with Crippen LogP contribution in [0.25, 0.3) is 0 Å². The van der Waals surface area contributed by atoms with Gasteiger partial charge in [0, 0.05) is 0 Å². The molecule has 0 aromatic heterocycles. The lowest BCUT2D eigenvalue weighted by atomic mass is 10.3. The summed E-state index contributed by atoms with van der Waals surface area (Å²) in [5.74, 6) is 0.408. The molecule has 3 nitrogen and oxygen atoms in total. The van der Waals surface area contributed by atoms with Crippen molar-refractivity contribution in [1.82, 2.24) is 5.32 Å². The van der Waals surface area contributed by atoms with Crippen molar-refractivity contribution in [2.24, 2.45) is 0 Å². The van der Waals surface area contributed by atoms with E-state index in [9.17, 15) is 4.79 Å². The van der Waals surface area contributed by atoms with E-state index in [0.717, 1.165) is 0 Å². The molecule has 0 spiro atoms. The van der Waals surface area contributed by atoms with Gasteiger partial charge in [0.15, 0.2) is 6.61 Å². The molecule has 0 atom stereocenters. The lowest BCUT2D eigenvalue weighted by Gasteiger charge is -2.16. The normalized spacial score (nSPS) is 14.8. The largest absolute Gasteiger partial charge is 0.482 e. The van der Waals surface area contributed by atoms with Crippen LogP contribution in [0.5, 0.6) is 0 Å². The highest BCUT2D eigenvalue weighted by atomic mass is 16.5. The maximum Gasteiger partial charge on any atom is 0.262 e. The van der Waals surface area contributed by atoms with Gasteiger partial charge in [0.25, 0.3) is 5.91 Å². The monoisotopic (exact) mass is 181 g/mol. The molecule has 1 aliphatic heterocycles. The molecule has 0 saturated heterocycles. The van der Waals surface area contributed by atoms with Gasteiger partial charge < -0.3 is 10.1 Å². The zero-order chi connectivity index (χ0) is 10.3. The molecule has 3 heteroatoms. The number of hydrogen-bond acceptors (Lipinski definition) is 2. The smallest absolute Gasteiger partial charge is 0.262 e. The number of carbonyl (C=O) groups is 1. The maximum atomic E-state index is 10.7. The summed E-state index contributed by atoms with van der Waals surface area (Å²) in [4.78, 5) is 10.7. The van der Waals surface area contributed by atoms with Gasteiger partial charge in [-0.3, -0.25) is 4.79 Å². The number of ether oxygens (including phenoxy) is 1. The standard InChI is InChI=1S/C8H9NO2.C2H6/c1-3-6-7(4-2)11-5-8(10)9-6;1-2/h3-4H,1-2,5H2,(H,9,10);1-2H3. The molecule has 0 radical (unpaired) electrons. The molecule has 0 saturated carbocycles. The Balaban J connectivity index is 0.000000671. The van der Waals surface area contributed by atoms with Gasteiger partial charge in [-0.15, -0.1) is 0 Å². The Labute approximate surface area is 78.8 Å². The summed E-state index contributed by atoms with van der Waals surface area (Å²) < 4.78 is 5.02. The molecule has 13 heavy (non-hydrogen) atoms. The number of allylic oxidation sites excluding steroid dienone is 2. The zero-order valence-electron chi connectivity index (χ0n) is 8.09. The van der Waals surface area contributed by atoms with Crippen LogP contribution in [0.1, 0.15) is 13.8 Å². The third-order valence-corrected chi connectivity index (χ3v) is 1.29. The second-order valence-electron chi connectivity index (χ2n) is 2.02. The van der Waals surface area contributed by atoms with Crippen molar-refractivity contribution in [3.8, 4) is 0 Å². The van der Waals surface area contributed by atoms with Crippen LogP contribution in [0.15, 0.2) is 36.8 Å². The molecule has 1 N–H and O–H groups in total. The highest BCUT2D eigenvalue weighted by molar-refractivity contribution is 5.81. The minimum atomic E-state index is -0.162. The molecular formula is C10H15NO2. The van der Waals surface area contributed by atoms with Gasteiger partial charge >= 0.3 is 0 Å². The number of nitrogens with one attached hydrogen (secondary N) is 1. The van der Waals surface area contributed by atoms with Crippen LogP contribution >= 0.6 is 0 Å². The highest BCUT2D eigenvalue weighted by Crippen LogP contribution is 2.09. The van der Waals surface area contributed by atoms with Crippen LogP contribution in [0, 0.1) is 0 Å². The van der Waals surface area contributed by atoms with E-state index in [2.05, 4.69) is 18.5 Å². The fourth-order valence-electron chi connectivity index (χ4n) is 0.789. The van der Waals surface area contributed by atoms with Crippen molar-refractivity contribution in [2.75, 3.05) is 6.61 Å². The summed E-state index contributed by atoms with van der Waals surface area (Å²) >= 11 is 0. The topological polar surface area (TPSA) is 38.3 Å². The molecular weight excluding hydrogens is 166 g/mol. The van der Waals surface area contributed by atoms with Gasteiger partial charge in [-0.05, 0) is 12.2 Å². The van der Waals surface area contributed by atoms with Gasteiger partial charge in [-0.25, -0.2) is 0 Å². The molecule has 0 aliphatic carbocycles. The molecule has 1 amide bonds. The SMILES string of the molecule is C=CC1=C(C=C)OCC(=O)N1.CC. The first-order chi connectivity index (χ1) is 6.27. The number of hydrogen-bond donors (Lipinski definition) is 1. The second-order valence-corrected chi connectivity index (χ2v) is 2.02. The molecule has 0 aromatic carbocycles. The summed E-state index contributed by atoms with van der Waals surface area (Å²) in [6.45, 7) is 11.1. The minimum absolute atomic E-state index is 0.0543. The molecule has 0 bridgehead atoms. The Bertz CT molecular complexity index is 241. The molecule has 0 unspecified atom stereocenters. The van der Waals surface area contributed by atoms with E-state index in [-0.39, 0.29) is 12.5 Å². The quantitative estimate of drug-likeness (QED) is 0.704. The molecule has 0 fully saturated rings. The van der Waals surface area contributed by atoms with E-state index in [1.54, 1.807) is 0 Å². The molecule has 72 valence electrons. The van der Waals surface area contributed by atoms with Crippen LogP contribution in [-0.4, -0.2) is 12.5 Å². The van der Waals surface area contributed by atoms with Crippen molar-refractivity contribution in [1.29, 1.82) is 0 Å². The lowest BCUT2D eigenvalue weighted by molar-refractivity contribution is -0.124. The third kappa shape index (κ3) is 3.15. The fraction of sp³-hybridized carbons (Fsp3) is 0.300. The maximum absolute atomic E-state index is 10.7. The number of carbonyl (C=O) groups excluding carboxylic acids is 1. The van der Waals surface area contributed by atoms with Gasteiger partial charge in [-0.2, -0.15) is 0 Å². The van der Waals surface area contributed by atoms with Crippen molar-refractivity contribution in [3.63, 3.8) is 0 Å². The van der Waals surface area contributed by atoms with Crippen LogP contribution in [0.2, 0.25) is 0 Å². The first-order valence-electron chi connectivity index (χ1n) is 4.19. The average Bonchev–Trinajstić information content (AvgIpc) is 2.20. The Morgan fingerprint density at radius 3 is 2.46 bits per heavy atom. The van der Waals surface area contributed by atoms with E-state index in [4.69, 9.17) is 4.74 Å². The summed E-state index contributed by atoms with van der Waals surface area (Å²) in [5.41, 5.74) is 0.580. The van der Waals surface area contributed by atoms with Crippen molar-refractivity contribution < 1.29 is 9.53 Å². The van der Waals surface area contributed by atoms with Crippen LogP contribution in [0.3, 0.4) is 0 Å². The fourth-order valence-corrected chi connectivity index (χ4v) is 0.789. The Morgan fingerprint density at radius 2 is 2.00 bits per heavy atom. The van der Waals surface area contributed by atoms with E-state index >= 15 is 0 Å². The number of rotatable bonds is 2. The Morgan fingerprint density at radius 1 is 1.38 bits per heavy atom. The van der Waals surface area contributed by atoms with Crippen LogP contribution < -0.4 is 5.32 Å². The third-order valence-electron chi connectivity index (χ3n) is 1.29. The second kappa shape index (κ2) is 6.06. The zero-order valence-corrected chi connectivity index (χ0v) is 8.09. The van der Waals surface area contributed by atoms with Crippen LogP contribution in [0.4, 0.5) is 0 Å². The lowest BCUT2D eigenvalue weighted by Crippen LogP contribution is -2.31. The van der Waals surface area contributed by atoms with Gasteiger partial charge in [0.1, 0.15) is 5.76 Å². The predicted molar refractivity (Wildman–Crippen MR) is 52.9 cm³/mol. The first kappa shape index (κ1) is 11.5. The van der Waals surface area contributed by atoms with Crippen molar-refractivity contribution in [2.45, 2.75) is 13.8 Å². The van der Waals surface area contributed by atoms with Gasteiger partial charge in [0.2, 0.25) is 0 Å². The van der Waals surface area contributed by atoms with Crippen molar-refractivity contribution in [3.05, 3.63) is 36.8 Å². The Hall–Kier alpha value is -1.51. The molecule has 0 aromatic rings. The predicted octanol–water partition coefficient (Wildman–Crippen LogP) is 1.74. The van der Waals surface area contributed by atoms with Gasteiger partial charge in [0.05, 0.1) is 5.70 Å². The molecule has 1 heterocycles. The average molecular weight is 181 g/mol. The summed E-state index contributed by atoms with van der Waals surface area (Å²) in [6, 6.07) is 0. The van der Waals surface area contributed by atoms with Crippen LogP contribution in [-0.2, 0) is 9.53 Å². The minimum Gasteiger partial charge on any atom is -0.482 e. The Kier molecular flexibility index (Phi) is 5.35. The molecule has 1 aliphatic rings. The summed E-state index contributed by atoms with van der Waals surface area (Å²) in [5, 5.41) is 2.59. The van der Waals surface area contributed by atoms with E-state index in [0.29, 0.717) is 11.5 Å².